The fourth-order valence-electron chi connectivity index (χ4n) is 4.87. The molecule has 0 bridgehead atoms. The average molecular weight is 676 g/mol. The predicted octanol–water partition coefficient (Wildman–Crippen LogP) is 7.37. The highest BCUT2D eigenvalue weighted by Gasteiger charge is 2.49. The van der Waals surface area contributed by atoms with Gasteiger partial charge in [0.1, 0.15) is 22.5 Å². The highest BCUT2D eigenvalue weighted by molar-refractivity contribution is 7.86. The van der Waals surface area contributed by atoms with Crippen molar-refractivity contribution in [2.75, 3.05) is 12.4 Å². The Morgan fingerprint density at radius 2 is 1.47 bits per heavy atom. The van der Waals surface area contributed by atoms with E-state index in [1.54, 1.807) is 27.7 Å². The minimum absolute atomic E-state index is 0.0662. The summed E-state index contributed by atoms with van der Waals surface area (Å²) in [7, 11) is -3.35. The number of nitrogens with one attached hydrogen (secondary N) is 1. The summed E-state index contributed by atoms with van der Waals surface area (Å²) in [6.45, 7) is 18.3. The zero-order chi connectivity index (χ0) is 36.0. The van der Waals surface area contributed by atoms with Crippen LogP contribution < -0.4 is 10.1 Å². The molecular weight excluding hydrogens is 622 g/mol. The first-order chi connectivity index (χ1) is 21.4. The van der Waals surface area contributed by atoms with Crippen LogP contribution in [0.25, 0.3) is 0 Å². The van der Waals surface area contributed by atoms with Crippen LogP contribution in [0.4, 0.5) is 5.69 Å². The number of carbonyl (C=O) groups excluding carboxylic acids is 3. The van der Waals surface area contributed by atoms with E-state index in [0.717, 1.165) is 6.07 Å². The molecule has 0 saturated heterocycles. The van der Waals surface area contributed by atoms with E-state index >= 15 is 0 Å². The first-order valence-electron chi connectivity index (χ1n) is 15.8. The van der Waals surface area contributed by atoms with Crippen molar-refractivity contribution in [1.29, 1.82) is 0 Å². The highest BCUT2D eigenvalue weighted by Crippen LogP contribution is 2.42. The Balaban J connectivity index is 2.41. The van der Waals surface area contributed by atoms with Gasteiger partial charge in [-0.05, 0) is 65.2 Å². The summed E-state index contributed by atoms with van der Waals surface area (Å²) in [5.41, 5.74) is -2.82. The quantitative estimate of drug-likeness (QED) is 0.174. The van der Waals surface area contributed by atoms with Crippen LogP contribution in [-0.2, 0) is 34.0 Å². The van der Waals surface area contributed by atoms with E-state index in [1.807, 2.05) is 71.9 Å². The van der Waals surface area contributed by atoms with Crippen LogP contribution in [0, 0.1) is 10.8 Å². The zero-order valence-corrected chi connectivity index (χ0v) is 30.5. The lowest BCUT2D eigenvalue weighted by Gasteiger charge is -2.44. The number of amides is 1. The third-order valence-corrected chi connectivity index (χ3v) is 9.21. The van der Waals surface area contributed by atoms with Gasteiger partial charge in [-0.3, -0.25) is 18.9 Å². The molecule has 10 nitrogen and oxygen atoms in total. The SMILES string of the molecule is COc1ccc(NC(=O)CC(CCCC(=O)C(C)(C)C)OC(C)(C)C(C)(C)C(=O)C(OC(C)(C)C)c2ccccc2)c(S(=O)(=O)O)c1. The molecule has 0 aliphatic carbocycles. The van der Waals surface area contributed by atoms with Crippen LogP contribution in [0.3, 0.4) is 0 Å². The van der Waals surface area contributed by atoms with E-state index in [-0.39, 0.29) is 35.8 Å². The lowest BCUT2D eigenvalue weighted by Crippen LogP contribution is -2.51. The first kappa shape index (κ1) is 40.1. The summed E-state index contributed by atoms with van der Waals surface area (Å²) in [5, 5.41) is 2.57. The lowest BCUT2D eigenvalue weighted by molar-refractivity contribution is -0.178. The van der Waals surface area contributed by atoms with E-state index < -0.39 is 55.2 Å². The molecule has 2 atom stereocenters. The Morgan fingerprint density at radius 1 is 0.872 bits per heavy atom. The molecule has 47 heavy (non-hydrogen) atoms. The van der Waals surface area contributed by atoms with Gasteiger partial charge in [0.25, 0.3) is 10.1 Å². The van der Waals surface area contributed by atoms with Crippen LogP contribution in [0.2, 0.25) is 0 Å². The molecule has 0 fully saturated rings. The third-order valence-electron chi connectivity index (χ3n) is 8.31. The van der Waals surface area contributed by atoms with Crippen molar-refractivity contribution < 1.29 is 41.6 Å². The largest absolute Gasteiger partial charge is 0.497 e. The molecule has 2 aromatic carbocycles. The van der Waals surface area contributed by atoms with Gasteiger partial charge < -0.3 is 19.5 Å². The smallest absolute Gasteiger partial charge is 0.296 e. The first-order valence-corrected chi connectivity index (χ1v) is 17.3. The van der Waals surface area contributed by atoms with Gasteiger partial charge in [-0.15, -0.1) is 0 Å². The van der Waals surface area contributed by atoms with Gasteiger partial charge in [-0.25, -0.2) is 0 Å². The molecule has 2 N–H and O–H groups in total. The fraction of sp³-hybridized carbons (Fsp3) is 0.583. The monoisotopic (exact) mass is 675 g/mol. The van der Waals surface area contributed by atoms with Gasteiger partial charge in [-0.2, -0.15) is 8.42 Å². The molecule has 0 spiro atoms. The summed E-state index contributed by atoms with van der Waals surface area (Å²) in [6.07, 6.45) is -0.831. The number of benzene rings is 2. The molecule has 11 heteroatoms. The van der Waals surface area contributed by atoms with Crippen LogP contribution >= 0.6 is 0 Å². The van der Waals surface area contributed by atoms with Gasteiger partial charge in [-0.1, -0.05) is 65.0 Å². The van der Waals surface area contributed by atoms with Crippen molar-refractivity contribution in [1.82, 2.24) is 0 Å². The average Bonchev–Trinajstić information content (AvgIpc) is 2.94. The summed E-state index contributed by atoms with van der Waals surface area (Å²) < 4.78 is 51.9. The van der Waals surface area contributed by atoms with E-state index in [4.69, 9.17) is 14.2 Å². The number of methoxy groups -OCH3 is 1. The van der Waals surface area contributed by atoms with Gasteiger partial charge in [0, 0.05) is 17.9 Å². The van der Waals surface area contributed by atoms with Gasteiger partial charge in [0.2, 0.25) is 5.91 Å². The van der Waals surface area contributed by atoms with Gasteiger partial charge in [0.15, 0.2) is 5.78 Å². The molecule has 262 valence electrons. The molecule has 0 aromatic heterocycles. The Hall–Kier alpha value is -3.12. The number of Topliss-reactive ketones (excluding diaryl/α,β-unsaturated/α-hetero) is 2. The van der Waals surface area contributed by atoms with Crippen LogP contribution in [-0.4, -0.2) is 54.9 Å². The third kappa shape index (κ3) is 11.5. The van der Waals surface area contributed by atoms with Crippen molar-refractivity contribution in [2.45, 2.75) is 123 Å². The predicted molar refractivity (Wildman–Crippen MR) is 182 cm³/mol. The number of hydrogen-bond acceptors (Lipinski definition) is 8. The maximum Gasteiger partial charge on any atom is 0.296 e. The summed E-state index contributed by atoms with van der Waals surface area (Å²) >= 11 is 0. The molecule has 1 amide bonds. The number of carbonyl (C=O) groups is 3. The number of ether oxygens (including phenoxy) is 3. The molecule has 2 aromatic rings. The molecule has 0 aliphatic heterocycles. The maximum atomic E-state index is 14.3. The second kappa shape index (κ2) is 15.4. The van der Waals surface area contributed by atoms with Crippen molar-refractivity contribution in [3.05, 3.63) is 54.1 Å². The van der Waals surface area contributed by atoms with Crippen LogP contribution in [0.5, 0.6) is 5.75 Å². The molecule has 2 rings (SSSR count). The summed E-state index contributed by atoms with van der Waals surface area (Å²) in [4.78, 5) is 39.9. The Kier molecular flexibility index (Phi) is 13.1. The highest BCUT2D eigenvalue weighted by atomic mass is 32.2. The minimum atomic E-state index is -4.69. The number of rotatable bonds is 16. The van der Waals surface area contributed by atoms with E-state index in [1.165, 1.54) is 19.2 Å². The number of ketones is 2. The Labute approximate surface area is 280 Å². The summed E-state index contributed by atoms with van der Waals surface area (Å²) in [6, 6.07) is 13.1. The van der Waals surface area contributed by atoms with Crippen molar-refractivity contribution in [3.63, 3.8) is 0 Å². The molecule has 0 heterocycles. The van der Waals surface area contributed by atoms with Crippen molar-refractivity contribution in [3.8, 4) is 5.75 Å². The van der Waals surface area contributed by atoms with Gasteiger partial charge in [0.05, 0.1) is 41.9 Å². The zero-order valence-electron chi connectivity index (χ0n) is 29.7. The number of hydrogen-bond donors (Lipinski definition) is 2. The number of anilines is 1. The molecule has 0 aliphatic rings. The fourth-order valence-corrected chi connectivity index (χ4v) is 5.53. The van der Waals surface area contributed by atoms with Gasteiger partial charge >= 0.3 is 0 Å². The molecule has 0 radical (unpaired) electrons. The second-order valence-corrected chi connectivity index (χ2v) is 16.3. The van der Waals surface area contributed by atoms with Crippen LogP contribution in [0.1, 0.15) is 107 Å². The van der Waals surface area contributed by atoms with E-state index in [0.29, 0.717) is 18.4 Å². The second-order valence-electron chi connectivity index (χ2n) is 14.9. The Bertz CT molecular complexity index is 1500. The van der Waals surface area contributed by atoms with Crippen molar-refractivity contribution >= 4 is 33.3 Å². The lowest BCUT2D eigenvalue weighted by atomic mass is 9.71. The topological polar surface area (TPSA) is 145 Å². The molecule has 0 saturated carbocycles. The molecule has 2 unspecified atom stereocenters. The van der Waals surface area contributed by atoms with Crippen molar-refractivity contribution in [2.24, 2.45) is 10.8 Å². The maximum absolute atomic E-state index is 14.3. The van der Waals surface area contributed by atoms with E-state index in [9.17, 15) is 27.4 Å². The normalized spacial score (nSPS) is 14.3. The summed E-state index contributed by atoms with van der Waals surface area (Å²) in [5.74, 6) is -0.536. The standard InChI is InChI=1S/C36H53NO9S/c1-33(2,3)29(38)19-15-18-26(23-30(39)37-27-21-20-25(44-11)22-28(27)47(41,42)43)45-36(9,10)35(7,8)32(40)31(46-34(4,5)6)24-16-13-12-14-17-24/h12-14,16-17,20-22,26,31H,15,18-19,23H2,1-11H3,(H,37,39)(H,41,42,43). The molecular formula is C36H53NO9S. The van der Waals surface area contributed by atoms with E-state index in [2.05, 4.69) is 5.32 Å². The van der Waals surface area contributed by atoms with Crippen LogP contribution in [0.15, 0.2) is 53.4 Å². The minimum Gasteiger partial charge on any atom is -0.497 e. The Morgan fingerprint density at radius 3 is 1.98 bits per heavy atom.